The molecular formula is C20H26N2O4. The molecule has 1 saturated heterocycles. The number of methoxy groups -OCH3 is 1. The van der Waals surface area contributed by atoms with Crippen LogP contribution in [0.5, 0.6) is 5.75 Å². The molecule has 1 aromatic heterocycles. The van der Waals surface area contributed by atoms with Crippen LogP contribution in [0.4, 0.5) is 0 Å². The molecule has 0 radical (unpaired) electrons. The summed E-state index contributed by atoms with van der Waals surface area (Å²) in [7, 11) is 1.57. The minimum absolute atomic E-state index is 0.0637. The highest BCUT2D eigenvalue weighted by molar-refractivity contribution is 5.83. The molecule has 1 aliphatic rings. The van der Waals surface area contributed by atoms with Gasteiger partial charge in [0.05, 0.1) is 7.11 Å². The quantitative estimate of drug-likeness (QED) is 0.830. The first-order chi connectivity index (χ1) is 12.5. The van der Waals surface area contributed by atoms with E-state index in [1.54, 1.807) is 13.2 Å². The molecule has 2 aromatic rings. The largest absolute Gasteiger partial charge is 0.497 e. The zero-order valence-corrected chi connectivity index (χ0v) is 15.4. The molecule has 1 amide bonds. The third-order valence-corrected chi connectivity index (χ3v) is 5.30. The molecule has 0 spiro atoms. The Morgan fingerprint density at radius 2 is 2.19 bits per heavy atom. The molecule has 1 fully saturated rings. The second-order valence-electron chi connectivity index (χ2n) is 6.83. The van der Waals surface area contributed by atoms with Crippen LogP contribution in [0.15, 0.2) is 27.4 Å². The molecule has 2 heterocycles. The number of amides is 1. The van der Waals surface area contributed by atoms with Crippen molar-refractivity contribution in [3.63, 3.8) is 0 Å². The number of benzene rings is 1. The summed E-state index contributed by atoms with van der Waals surface area (Å²) in [6, 6.07) is 5.55. The van der Waals surface area contributed by atoms with Crippen molar-refractivity contribution >= 4 is 16.9 Å². The zero-order chi connectivity index (χ0) is 18.7. The normalized spacial score (nSPS) is 17.5. The number of aryl methyl sites for hydroxylation is 1. The molecule has 0 saturated carbocycles. The molecule has 3 rings (SSSR count). The number of ether oxygens (including phenoxy) is 1. The SMILES string of the molecule is COc1ccc2c(C)c(CCC(=O)N3CCCCC3CN)c(=O)oc2c1. The van der Waals surface area contributed by atoms with Crippen LogP contribution in [0, 0.1) is 6.92 Å². The van der Waals surface area contributed by atoms with Crippen LogP contribution < -0.4 is 16.1 Å². The molecule has 26 heavy (non-hydrogen) atoms. The Labute approximate surface area is 152 Å². The van der Waals surface area contributed by atoms with E-state index in [1.165, 1.54) is 0 Å². The van der Waals surface area contributed by atoms with E-state index >= 15 is 0 Å². The van der Waals surface area contributed by atoms with Crippen molar-refractivity contribution in [3.05, 3.63) is 39.7 Å². The van der Waals surface area contributed by atoms with E-state index in [0.717, 1.165) is 36.8 Å². The molecule has 0 aliphatic carbocycles. The van der Waals surface area contributed by atoms with Gasteiger partial charge in [-0.25, -0.2) is 4.79 Å². The second kappa shape index (κ2) is 7.91. The van der Waals surface area contributed by atoms with E-state index < -0.39 is 0 Å². The van der Waals surface area contributed by atoms with Crippen molar-refractivity contribution in [2.24, 2.45) is 5.73 Å². The number of likely N-dealkylation sites (tertiary alicyclic amines) is 1. The number of carbonyl (C=O) groups is 1. The zero-order valence-electron chi connectivity index (χ0n) is 15.4. The molecule has 0 bridgehead atoms. The Morgan fingerprint density at radius 3 is 2.92 bits per heavy atom. The van der Waals surface area contributed by atoms with Crippen molar-refractivity contribution in [1.29, 1.82) is 0 Å². The molecule has 2 N–H and O–H groups in total. The van der Waals surface area contributed by atoms with Crippen molar-refractivity contribution < 1.29 is 13.9 Å². The maximum absolute atomic E-state index is 12.6. The fourth-order valence-corrected chi connectivity index (χ4v) is 3.74. The lowest BCUT2D eigenvalue weighted by Crippen LogP contribution is -2.47. The first kappa shape index (κ1) is 18.5. The summed E-state index contributed by atoms with van der Waals surface area (Å²) in [4.78, 5) is 26.9. The third kappa shape index (κ3) is 3.60. The number of rotatable bonds is 5. The Hall–Kier alpha value is -2.34. The van der Waals surface area contributed by atoms with Crippen LogP contribution in [0.2, 0.25) is 0 Å². The molecule has 1 atom stereocenters. The maximum atomic E-state index is 12.6. The average Bonchev–Trinajstić information content (AvgIpc) is 2.67. The number of hydrogen-bond donors (Lipinski definition) is 1. The van der Waals surface area contributed by atoms with Gasteiger partial charge in [-0.15, -0.1) is 0 Å². The average molecular weight is 358 g/mol. The summed E-state index contributed by atoms with van der Waals surface area (Å²) < 4.78 is 10.6. The number of nitrogens with zero attached hydrogens (tertiary/aromatic N) is 1. The van der Waals surface area contributed by atoms with E-state index in [-0.39, 0.29) is 17.6 Å². The number of hydrogen-bond acceptors (Lipinski definition) is 5. The summed E-state index contributed by atoms with van der Waals surface area (Å²) >= 11 is 0. The molecule has 1 unspecified atom stereocenters. The van der Waals surface area contributed by atoms with Gasteiger partial charge in [-0.3, -0.25) is 4.79 Å². The lowest BCUT2D eigenvalue weighted by Gasteiger charge is -2.35. The molecule has 1 aromatic carbocycles. The standard InChI is InChI=1S/C20H26N2O4/c1-13-16-7-6-15(25-2)11-18(16)26-20(24)17(13)8-9-19(23)22-10-4-3-5-14(22)12-21/h6-7,11,14H,3-5,8-10,12,21H2,1-2H3. The van der Waals surface area contributed by atoms with Gasteiger partial charge >= 0.3 is 5.63 Å². The van der Waals surface area contributed by atoms with Crippen LogP contribution in [-0.2, 0) is 11.2 Å². The molecule has 140 valence electrons. The lowest BCUT2D eigenvalue weighted by atomic mass is 9.99. The molecule has 6 nitrogen and oxygen atoms in total. The number of fused-ring (bicyclic) bond motifs is 1. The van der Waals surface area contributed by atoms with Crippen molar-refractivity contribution in [1.82, 2.24) is 4.90 Å². The van der Waals surface area contributed by atoms with Crippen molar-refractivity contribution in [2.75, 3.05) is 20.2 Å². The monoisotopic (exact) mass is 358 g/mol. The van der Waals surface area contributed by atoms with Crippen LogP contribution in [0.3, 0.4) is 0 Å². The van der Waals surface area contributed by atoms with Gasteiger partial charge in [0, 0.05) is 42.6 Å². The maximum Gasteiger partial charge on any atom is 0.339 e. The highest BCUT2D eigenvalue weighted by Crippen LogP contribution is 2.25. The topological polar surface area (TPSA) is 85.8 Å². The minimum atomic E-state index is -0.384. The van der Waals surface area contributed by atoms with Crippen molar-refractivity contribution in [2.45, 2.75) is 45.1 Å². The highest BCUT2D eigenvalue weighted by Gasteiger charge is 2.25. The van der Waals surface area contributed by atoms with Gasteiger partial charge in [0.1, 0.15) is 11.3 Å². The predicted octanol–water partition coefficient (Wildman–Crippen LogP) is 2.38. The Bertz CT molecular complexity index is 859. The number of carbonyl (C=O) groups excluding carboxylic acids is 1. The molecule has 6 heteroatoms. The van der Waals surface area contributed by atoms with Gasteiger partial charge in [0.15, 0.2) is 0 Å². The third-order valence-electron chi connectivity index (χ3n) is 5.30. The van der Waals surface area contributed by atoms with Gasteiger partial charge in [-0.2, -0.15) is 0 Å². The van der Waals surface area contributed by atoms with E-state index in [1.807, 2.05) is 24.0 Å². The highest BCUT2D eigenvalue weighted by atomic mass is 16.5. The fraction of sp³-hybridized carbons (Fsp3) is 0.500. The Morgan fingerprint density at radius 1 is 1.38 bits per heavy atom. The van der Waals surface area contributed by atoms with Crippen LogP contribution in [0.1, 0.15) is 36.8 Å². The lowest BCUT2D eigenvalue weighted by molar-refractivity contribution is -0.134. The van der Waals surface area contributed by atoms with Crippen LogP contribution >= 0.6 is 0 Å². The van der Waals surface area contributed by atoms with E-state index in [0.29, 0.717) is 36.3 Å². The summed E-state index contributed by atoms with van der Waals surface area (Å²) in [5, 5.41) is 0.866. The van der Waals surface area contributed by atoms with Gasteiger partial charge < -0.3 is 19.8 Å². The molecule has 1 aliphatic heterocycles. The predicted molar refractivity (Wildman–Crippen MR) is 101 cm³/mol. The van der Waals surface area contributed by atoms with Gasteiger partial charge in [0.2, 0.25) is 5.91 Å². The number of nitrogens with two attached hydrogens (primary N) is 1. The summed E-state index contributed by atoms with van der Waals surface area (Å²) in [5.74, 6) is 0.703. The Kier molecular flexibility index (Phi) is 5.61. The van der Waals surface area contributed by atoms with Gasteiger partial charge in [-0.05, 0) is 50.3 Å². The first-order valence-electron chi connectivity index (χ1n) is 9.15. The number of piperidine rings is 1. The Balaban J connectivity index is 1.80. The minimum Gasteiger partial charge on any atom is -0.497 e. The van der Waals surface area contributed by atoms with Gasteiger partial charge in [0.25, 0.3) is 0 Å². The van der Waals surface area contributed by atoms with Gasteiger partial charge in [-0.1, -0.05) is 0 Å². The summed E-state index contributed by atoms with van der Waals surface area (Å²) in [6.45, 7) is 3.14. The summed E-state index contributed by atoms with van der Waals surface area (Å²) in [6.07, 6.45) is 3.76. The molecular weight excluding hydrogens is 332 g/mol. The van der Waals surface area contributed by atoms with E-state index in [2.05, 4.69) is 0 Å². The summed E-state index contributed by atoms with van der Waals surface area (Å²) in [5.41, 5.74) is 7.35. The van der Waals surface area contributed by atoms with E-state index in [9.17, 15) is 9.59 Å². The van der Waals surface area contributed by atoms with Crippen molar-refractivity contribution in [3.8, 4) is 5.75 Å². The van der Waals surface area contributed by atoms with Crippen LogP contribution in [-0.4, -0.2) is 37.0 Å². The smallest absolute Gasteiger partial charge is 0.339 e. The fourth-order valence-electron chi connectivity index (χ4n) is 3.74. The second-order valence-corrected chi connectivity index (χ2v) is 6.83. The first-order valence-corrected chi connectivity index (χ1v) is 9.15. The van der Waals surface area contributed by atoms with E-state index in [4.69, 9.17) is 14.9 Å². The van der Waals surface area contributed by atoms with Crippen LogP contribution in [0.25, 0.3) is 11.0 Å².